The van der Waals surface area contributed by atoms with Crippen LogP contribution in [0.15, 0.2) is 468 Å². The number of hydrogen-bond donors (Lipinski definition) is 0. The van der Waals surface area contributed by atoms with Gasteiger partial charge < -0.3 is 51.9 Å². The molecule has 19 aromatic rings. The Hall–Kier alpha value is -1.50. The van der Waals surface area contributed by atoms with Crippen molar-refractivity contribution < 1.29 is 468 Å². The average molecular weight is 3540 g/mol. The number of aryl methyl sites for hydroxylation is 5. The first-order valence-electron chi connectivity index (χ1n) is 41.6. The summed E-state index contributed by atoms with van der Waals surface area (Å²) in [5, 5.41) is 0. The smallest absolute Gasteiger partial charge is 0.568 e. The van der Waals surface area contributed by atoms with E-state index in [1.807, 2.05) is 250 Å². The van der Waals surface area contributed by atoms with Crippen LogP contribution in [0, 0.1) is 126 Å². The molecular formula is C121H89O8S2W5Y10-5. The number of ether oxygens (including phenoxy) is 2. The largest absolute Gasteiger partial charge is 2.00 e. The molecule has 1 aliphatic rings. The fourth-order valence-corrected chi connectivity index (χ4v) is 14.6. The number of hydrogen-bond acceptors (Lipinski definition) is 8. The SMILES string of the molecule is Cc1cc[c-]cc1.Cc1cc[c-]cc1.Cc1ccc(-c2cc[c-]cc2)cc1.Cc1ccc(C(=O)c2ccc(-c3ccc(C(=O)c4cc[c-]cc4)cc3)cc2)cc1.Cc1ccc(S(=O)(=O)c2ccc(-c3ccc(S(=O)(=O)c4cc[c-]cc4)cc3)cc2)cc1.[W+2].[W+2].[W+2].[W+2].[W+2].[Y].[Y].[Y].[Y].[Y].[Y].[Y].[Y].[Y].[Y].[c-]1c[c-]ccc1.[c-]1cc[c-]cc1.[c-]1cc[c-]cc1.[c-]1ccc(-c2cc[c-]cc2)cc1.[c-]1ccc2c(c1)Oc1c[c-]ccc1O2. The number of benzene rings is 19. The molecule has 10 radical (unpaired) electrons. The molecule has 0 saturated carbocycles. The predicted molar refractivity (Wildman–Crippen MR) is 523 cm³/mol. The van der Waals surface area contributed by atoms with Crippen LogP contribution in [0.1, 0.15) is 59.7 Å². The summed E-state index contributed by atoms with van der Waals surface area (Å²) in [6.07, 6.45) is 0. The van der Waals surface area contributed by atoms with Crippen molar-refractivity contribution in [3.05, 3.63) is 590 Å². The summed E-state index contributed by atoms with van der Waals surface area (Å²) in [7, 11) is -7.19. The van der Waals surface area contributed by atoms with Gasteiger partial charge in [0.05, 0.1) is 26.2 Å². The van der Waals surface area contributed by atoms with Crippen molar-refractivity contribution >= 4 is 31.2 Å². The number of rotatable bonds is 12. The molecule has 146 heavy (non-hydrogen) atoms. The molecule has 698 valence electrons. The Morgan fingerprint density at radius 2 is 0.370 bits per heavy atom. The number of carbonyl (C=O) groups is 2. The second kappa shape index (κ2) is 87.5. The first kappa shape index (κ1) is 153. The molecule has 0 amide bonds. The van der Waals surface area contributed by atoms with Gasteiger partial charge in [0.1, 0.15) is 0 Å². The van der Waals surface area contributed by atoms with Crippen LogP contribution < -0.4 is 9.47 Å². The fourth-order valence-electron chi connectivity index (χ4n) is 12.1. The molecular weight excluding hydrogens is 3450 g/mol. The van der Waals surface area contributed by atoms with Crippen LogP contribution in [0.4, 0.5) is 0 Å². The summed E-state index contributed by atoms with van der Waals surface area (Å²) in [6, 6.07) is 180. The first-order valence-corrected chi connectivity index (χ1v) is 44.6. The van der Waals surface area contributed by atoms with E-state index in [0.717, 1.165) is 44.9 Å². The molecule has 19 aromatic carbocycles. The summed E-state index contributed by atoms with van der Waals surface area (Å²) in [4.78, 5) is 26.0. The van der Waals surface area contributed by atoms with Gasteiger partial charge in [0.15, 0.2) is 21.4 Å². The van der Waals surface area contributed by atoms with Gasteiger partial charge in [-0.3, -0.25) is 76.3 Å². The van der Waals surface area contributed by atoms with Crippen LogP contribution in [-0.4, -0.2) is 28.4 Å². The zero-order chi connectivity index (χ0) is 91.9. The quantitative estimate of drug-likeness (QED) is 0.0876. The normalized spacial score (nSPS) is 9.27. The van der Waals surface area contributed by atoms with E-state index in [-0.39, 0.29) is 464 Å². The number of sulfone groups is 2. The van der Waals surface area contributed by atoms with E-state index in [9.17, 15) is 26.4 Å². The fraction of sp³-hybridized carbons (Fsp3) is 0.0413. The van der Waals surface area contributed by atoms with Crippen LogP contribution in [0.5, 0.6) is 23.0 Å². The molecule has 1 aliphatic heterocycles. The van der Waals surface area contributed by atoms with Gasteiger partial charge in [0.25, 0.3) is 0 Å². The molecule has 1 heterocycles. The zero-order valence-corrected chi connectivity index (χ0v) is 125. The monoisotopic (exact) mass is 3540 g/mol. The van der Waals surface area contributed by atoms with E-state index in [1.54, 1.807) is 140 Å². The van der Waals surface area contributed by atoms with Gasteiger partial charge in [-0.25, -0.2) is 16.8 Å². The molecule has 0 aromatic heterocycles. The van der Waals surface area contributed by atoms with Gasteiger partial charge in [0, 0.05) is 355 Å². The molecule has 0 unspecified atom stereocenters. The van der Waals surface area contributed by atoms with Crippen LogP contribution >= 0.6 is 0 Å². The van der Waals surface area contributed by atoms with E-state index in [4.69, 9.17) is 9.47 Å². The van der Waals surface area contributed by atoms with Crippen molar-refractivity contribution in [1.82, 2.24) is 0 Å². The van der Waals surface area contributed by atoms with Crippen molar-refractivity contribution in [2.24, 2.45) is 0 Å². The Morgan fingerprint density at radius 3 is 0.623 bits per heavy atom. The third-order valence-corrected chi connectivity index (χ3v) is 22.8. The Balaban J connectivity index is -0.000000527. The maximum Gasteiger partial charge on any atom is 2.00 e. The molecule has 20 rings (SSSR count). The van der Waals surface area contributed by atoms with Gasteiger partial charge >= 0.3 is 105 Å². The van der Waals surface area contributed by atoms with Crippen LogP contribution in [-0.2, 0) is 452 Å². The summed E-state index contributed by atoms with van der Waals surface area (Å²) in [6.45, 7) is 10.1. The van der Waals surface area contributed by atoms with Gasteiger partial charge in [0.2, 0.25) is 9.84 Å². The summed E-state index contributed by atoms with van der Waals surface area (Å²) >= 11 is 0. The standard InChI is InChI=1S/C27H19O2.C25H19O4S2.C13H11.C12H6O2.C12H8.2C7H7.3C6H4.5W.10Y/c1-19-7-9-23(10-8-19)27(29)25-17-13-21(14-18-25)20-11-15-24(16-12-20)26(28)22-5-3-2-4-6-22;1-19-7-13-23(14-8-19)31(28,29)25-17-11-21(12-18-25)20-9-15-24(16-10-20)30(26,27)22-5-3-2-4-6-22;1-11-7-9-13(10-8-11)12-5-3-2-4-6-12;1-2-6-10-9(5-1)13-11-7-3-4-8-12(11)14-10;1-3-7-11(8-4-1)12-9-5-2-6-10-12;2*1-7-5-3-2-4-6-7;3*1-2-4-6-5-3-1;;;;;;;;;;;;;;;/h3-18H,1H3;3-18H,1H3;3-10H,1H3;1,3,5-8H;3-10H;2*3-6H,1H3;2*1-2,5-6H;1-3,6H;;;;;;;;;;;;;;;/q3*-1;2*-2;2*-1;3*-2;5*+2;;;;;;;;;;. The first-order chi connectivity index (χ1) is 63.9. The van der Waals surface area contributed by atoms with Gasteiger partial charge in [-0.1, -0.05) is 170 Å². The molecule has 0 saturated heterocycles. The number of ketones is 2. The average Bonchev–Trinajstić information content (AvgIpc) is 0.778. The Labute approximate surface area is 1190 Å². The predicted octanol–water partition coefficient (Wildman–Crippen LogP) is 28.1. The van der Waals surface area contributed by atoms with Crippen molar-refractivity contribution in [1.29, 1.82) is 0 Å². The molecule has 8 nitrogen and oxygen atoms in total. The Morgan fingerprint density at radius 1 is 0.185 bits per heavy atom. The van der Waals surface area contributed by atoms with Crippen molar-refractivity contribution in [3.8, 4) is 67.5 Å². The Kier molecular flexibility index (Phi) is 91.6. The second-order valence-corrected chi connectivity index (χ2v) is 32.8. The van der Waals surface area contributed by atoms with Crippen molar-refractivity contribution in [2.75, 3.05) is 0 Å². The maximum absolute atomic E-state index is 12.8. The number of fused-ring (bicyclic) bond motifs is 2. The van der Waals surface area contributed by atoms with E-state index in [0.29, 0.717) is 33.8 Å². The van der Waals surface area contributed by atoms with Crippen LogP contribution in [0.2, 0.25) is 0 Å². The molecule has 0 N–H and O–H groups in total. The van der Waals surface area contributed by atoms with Crippen molar-refractivity contribution in [2.45, 2.75) is 54.2 Å². The third kappa shape index (κ3) is 54.6. The molecule has 25 heteroatoms. The molecule has 0 spiro atoms. The second-order valence-electron chi connectivity index (χ2n) is 28.9. The number of carbonyl (C=O) groups excluding carboxylic acids is 2. The van der Waals surface area contributed by atoms with E-state index in [2.05, 4.69) is 172 Å². The van der Waals surface area contributed by atoms with Crippen molar-refractivity contribution in [3.63, 3.8) is 0 Å². The third-order valence-electron chi connectivity index (χ3n) is 19.2. The summed E-state index contributed by atoms with van der Waals surface area (Å²) in [5.74, 6) is 2.84. The summed E-state index contributed by atoms with van der Waals surface area (Å²) < 4.78 is 62.3. The summed E-state index contributed by atoms with van der Waals surface area (Å²) in [5.41, 5.74) is 17.2. The van der Waals surface area contributed by atoms with E-state index in [1.165, 1.54) is 51.1 Å². The molecule has 0 atom stereocenters. The van der Waals surface area contributed by atoms with E-state index < -0.39 is 19.7 Å². The van der Waals surface area contributed by atoms with Gasteiger partial charge in [-0.15, -0.1) is 29.8 Å². The molecule has 0 aliphatic carbocycles. The van der Waals surface area contributed by atoms with E-state index >= 15 is 0 Å². The topological polar surface area (TPSA) is 121 Å². The van der Waals surface area contributed by atoms with Crippen LogP contribution in [0.3, 0.4) is 0 Å². The van der Waals surface area contributed by atoms with Gasteiger partial charge in [-0.05, 0) is 89.9 Å². The molecule has 0 fully saturated rings. The Bertz CT molecular complexity index is 6500. The van der Waals surface area contributed by atoms with Crippen LogP contribution in [0.25, 0.3) is 44.5 Å². The minimum absolute atomic E-state index is 0. The molecule has 0 bridgehead atoms. The maximum atomic E-state index is 12.8. The minimum Gasteiger partial charge on any atom is -0.568 e. The van der Waals surface area contributed by atoms with Gasteiger partial charge in [-0.2, -0.15) is 259 Å². The minimum atomic E-state index is -3.60. The zero-order valence-electron chi connectivity index (χ0n) is 80.6.